The summed E-state index contributed by atoms with van der Waals surface area (Å²) in [6.45, 7) is 0. The summed E-state index contributed by atoms with van der Waals surface area (Å²) in [5.74, 6) is -0.269. The first-order valence-corrected chi connectivity index (χ1v) is 8.12. The zero-order valence-electron chi connectivity index (χ0n) is 12.1. The van der Waals surface area contributed by atoms with E-state index < -0.39 is 5.97 Å². The standard InChI is InChI=1S/C16H24N2O2/c19-16(20)15-17(13-7-3-1-4-8-13)11-12-18(15)14-9-5-2-6-10-14/h11-14H,1-10H2/p+1. The summed E-state index contributed by atoms with van der Waals surface area (Å²) in [7, 11) is 0. The molecule has 0 amide bonds. The second-order valence-electron chi connectivity index (χ2n) is 6.33. The Hall–Kier alpha value is -1.32. The van der Waals surface area contributed by atoms with Crippen LogP contribution in [0.2, 0.25) is 0 Å². The highest BCUT2D eigenvalue weighted by Crippen LogP contribution is 2.30. The van der Waals surface area contributed by atoms with Gasteiger partial charge in [-0.2, -0.15) is 0 Å². The summed E-state index contributed by atoms with van der Waals surface area (Å²) >= 11 is 0. The number of rotatable bonds is 3. The average Bonchev–Trinajstić information content (AvgIpc) is 2.94. The largest absolute Gasteiger partial charge is 0.472 e. The van der Waals surface area contributed by atoms with Crippen molar-refractivity contribution < 1.29 is 14.5 Å². The number of carboxylic acids is 1. The molecule has 3 rings (SSSR count). The minimum Gasteiger partial charge on any atom is -0.472 e. The van der Waals surface area contributed by atoms with Crippen molar-refractivity contribution in [3.63, 3.8) is 0 Å². The van der Waals surface area contributed by atoms with Crippen LogP contribution in [-0.2, 0) is 0 Å². The molecule has 2 aliphatic rings. The van der Waals surface area contributed by atoms with Gasteiger partial charge in [0.1, 0.15) is 24.5 Å². The predicted molar refractivity (Wildman–Crippen MR) is 75.8 cm³/mol. The molecule has 1 aromatic rings. The predicted octanol–water partition coefficient (Wildman–Crippen LogP) is 3.48. The Bertz CT molecular complexity index is 433. The molecule has 4 nitrogen and oxygen atoms in total. The van der Waals surface area contributed by atoms with Crippen LogP contribution in [0.25, 0.3) is 0 Å². The summed E-state index contributed by atoms with van der Waals surface area (Å²) in [6.07, 6.45) is 16.0. The van der Waals surface area contributed by atoms with Gasteiger partial charge in [0.2, 0.25) is 0 Å². The normalized spacial score (nSPS) is 22.0. The summed E-state index contributed by atoms with van der Waals surface area (Å²) in [5.41, 5.74) is 0. The smallest absolute Gasteiger partial charge is 0.419 e. The quantitative estimate of drug-likeness (QED) is 0.860. The van der Waals surface area contributed by atoms with E-state index >= 15 is 0 Å². The third kappa shape index (κ3) is 2.60. The van der Waals surface area contributed by atoms with Crippen molar-refractivity contribution in [3.05, 3.63) is 18.2 Å². The van der Waals surface area contributed by atoms with Gasteiger partial charge < -0.3 is 5.11 Å². The van der Waals surface area contributed by atoms with E-state index in [0.717, 1.165) is 25.7 Å². The molecule has 0 bridgehead atoms. The highest BCUT2D eigenvalue weighted by Gasteiger charge is 2.34. The van der Waals surface area contributed by atoms with Crippen LogP contribution in [0.5, 0.6) is 0 Å². The van der Waals surface area contributed by atoms with Crippen LogP contribution in [0, 0.1) is 0 Å². The molecule has 2 saturated carbocycles. The van der Waals surface area contributed by atoms with Crippen LogP contribution in [-0.4, -0.2) is 15.6 Å². The van der Waals surface area contributed by atoms with Gasteiger partial charge in [0.15, 0.2) is 0 Å². The van der Waals surface area contributed by atoms with Gasteiger partial charge in [0, 0.05) is 0 Å². The second kappa shape index (κ2) is 5.98. The SMILES string of the molecule is O=C(O)c1n(C2CCCCC2)cc[n+]1C1CCCCC1. The number of hydrogen-bond donors (Lipinski definition) is 1. The van der Waals surface area contributed by atoms with Gasteiger partial charge >= 0.3 is 11.8 Å². The van der Waals surface area contributed by atoms with Crippen molar-refractivity contribution in [3.8, 4) is 0 Å². The van der Waals surface area contributed by atoms with Crippen molar-refractivity contribution in [1.29, 1.82) is 0 Å². The molecule has 2 aliphatic carbocycles. The van der Waals surface area contributed by atoms with E-state index in [9.17, 15) is 9.90 Å². The topological polar surface area (TPSA) is 46.1 Å². The van der Waals surface area contributed by atoms with Crippen molar-refractivity contribution in [2.75, 3.05) is 0 Å². The summed E-state index contributed by atoms with van der Waals surface area (Å²) in [5, 5.41) is 9.66. The van der Waals surface area contributed by atoms with Crippen LogP contribution < -0.4 is 4.57 Å². The lowest BCUT2D eigenvalue weighted by Crippen LogP contribution is -2.45. The van der Waals surface area contributed by atoms with E-state index in [4.69, 9.17) is 0 Å². The maximum Gasteiger partial charge on any atom is 0.419 e. The number of carboxylic acid groups (broad SMARTS) is 1. The van der Waals surface area contributed by atoms with Crippen LogP contribution in [0.15, 0.2) is 12.4 Å². The van der Waals surface area contributed by atoms with Crippen LogP contribution in [0.3, 0.4) is 0 Å². The number of aromatic carboxylic acids is 1. The molecule has 0 atom stereocenters. The van der Waals surface area contributed by atoms with Gasteiger partial charge in [-0.15, -0.1) is 0 Å². The fourth-order valence-electron chi connectivity index (χ4n) is 3.95. The lowest BCUT2D eigenvalue weighted by Gasteiger charge is -2.21. The van der Waals surface area contributed by atoms with E-state index in [2.05, 4.69) is 0 Å². The number of aromatic nitrogens is 2. The van der Waals surface area contributed by atoms with Gasteiger partial charge in [-0.3, -0.25) is 0 Å². The lowest BCUT2D eigenvalue weighted by molar-refractivity contribution is -0.727. The van der Waals surface area contributed by atoms with Crippen molar-refractivity contribution in [1.82, 2.24) is 4.57 Å². The van der Waals surface area contributed by atoms with E-state index in [1.165, 1.54) is 38.5 Å². The third-order valence-corrected chi connectivity index (χ3v) is 5.00. The molecule has 0 radical (unpaired) electrons. The zero-order valence-corrected chi connectivity index (χ0v) is 12.1. The molecule has 0 aromatic carbocycles. The molecule has 4 heteroatoms. The fourth-order valence-corrected chi connectivity index (χ4v) is 3.95. The summed E-state index contributed by atoms with van der Waals surface area (Å²) in [4.78, 5) is 11.7. The Kier molecular flexibility index (Phi) is 4.08. The Labute approximate surface area is 120 Å². The Morgan fingerprint density at radius 1 is 1.05 bits per heavy atom. The molecular formula is C16H25N2O2+. The van der Waals surface area contributed by atoms with Gasteiger partial charge in [0.05, 0.1) is 0 Å². The molecule has 0 saturated heterocycles. The second-order valence-corrected chi connectivity index (χ2v) is 6.33. The Morgan fingerprint density at radius 3 is 2.25 bits per heavy atom. The average molecular weight is 277 g/mol. The molecule has 0 unspecified atom stereocenters. The number of imidazole rings is 1. The lowest BCUT2D eigenvalue weighted by atomic mass is 9.95. The van der Waals surface area contributed by atoms with Gasteiger partial charge in [0.25, 0.3) is 0 Å². The molecule has 20 heavy (non-hydrogen) atoms. The molecular weight excluding hydrogens is 252 g/mol. The minimum atomic E-state index is -0.772. The number of carbonyl (C=O) groups is 1. The van der Waals surface area contributed by atoms with Gasteiger partial charge in [-0.05, 0) is 51.4 Å². The molecule has 1 N–H and O–H groups in total. The van der Waals surface area contributed by atoms with E-state index in [-0.39, 0.29) is 0 Å². The molecule has 1 aromatic heterocycles. The Morgan fingerprint density at radius 2 is 1.65 bits per heavy atom. The van der Waals surface area contributed by atoms with Crippen molar-refractivity contribution in [2.45, 2.75) is 76.3 Å². The molecule has 2 fully saturated rings. The van der Waals surface area contributed by atoms with Crippen LogP contribution in [0.1, 0.15) is 86.9 Å². The van der Waals surface area contributed by atoms with E-state index in [1.807, 2.05) is 21.5 Å². The number of nitrogens with zero attached hydrogens (tertiary/aromatic N) is 2. The summed E-state index contributed by atoms with van der Waals surface area (Å²) in [6, 6.07) is 0.777. The van der Waals surface area contributed by atoms with Gasteiger partial charge in [-0.25, -0.2) is 13.9 Å². The van der Waals surface area contributed by atoms with Crippen LogP contribution in [0.4, 0.5) is 0 Å². The van der Waals surface area contributed by atoms with Crippen LogP contribution >= 0.6 is 0 Å². The van der Waals surface area contributed by atoms with E-state index in [0.29, 0.717) is 17.9 Å². The van der Waals surface area contributed by atoms with E-state index in [1.54, 1.807) is 0 Å². The maximum absolute atomic E-state index is 11.7. The maximum atomic E-state index is 11.7. The van der Waals surface area contributed by atoms with Crippen molar-refractivity contribution in [2.24, 2.45) is 0 Å². The first-order chi connectivity index (χ1) is 9.77. The molecule has 110 valence electrons. The molecule has 1 heterocycles. The molecule has 0 aliphatic heterocycles. The zero-order chi connectivity index (χ0) is 13.9. The monoisotopic (exact) mass is 277 g/mol. The molecule has 0 spiro atoms. The first-order valence-electron chi connectivity index (χ1n) is 8.12. The van der Waals surface area contributed by atoms with Gasteiger partial charge in [-0.1, -0.05) is 12.8 Å². The highest BCUT2D eigenvalue weighted by molar-refractivity contribution is 5.82. The minimum absolute atomic E-state index is 0.389. The fraction of sp³-hybridized carbons (Fsp3) is 0.750. The third-order valence-electron chi connectivity index (χ3n) is 5.00. The summed E-state index contributed by atoms with van der Waals surface area (Å²) < 4.78 is 4.08. The highest BCUT2D eigenvalue weighted by atomic mass is 16.4. The first kappa shape index (κ1) is 13.7. The van der Waals surface area contributed by atoms with Crippen molar-refractivity contribution >= 4 is 5.97 Å². The Balaban J connectivity index is 1.90. The number of hydrogen-bond acceptors (Lipinski definition) is 1.